The van der Waals surface area contributed by atoms with Gasteiger partial charge in [0.2, 0.25) is 11.8 Å². The largest absolute Gasteiger partial charge is 0.377 e. The lowest BCUT2D eigenvalue weighted by Crippen LogP contribution is -2.52. The summed E-state index contributed by atoms with van der Waals surface area (Å²) in [5.74, 6) is -0.849. The number of hydrogen-bond acceptors (Lipinski definition) is 5. The van der Waals surface area contributed by atoms with Crippen LogP contribution in [-0.4, -0.2) is 30.4 Å². The quantitative estimate of drug-likeness (QED) is 0.303. The maximum absolute atomic E-state index is 13.1. The summed E-state index contributed by atoms with van der Waals surface area (Å²) in [6, 6.07) is 20.7. The van der Waals surface area contributed by atoms with Crippen LogP contribution in [-0.2, 0) is 22.4 Å². The van der Waals surface area contributed by atoms with E-state index >= 15 is 0 Å². The molecule has 0 fully saturated rings. The number of hydrogen-bond donors (Lipinski definition) is 4. The van der Waals surface area contributed by atoms with Crippen LogP contribution in [0.2, 0.25) is 0 Å². The molecule has 0 aliphatic rings. The highest BCUT2D eigenvalue weighted by Crippen LogP contribution is 2.20. The molecule has 6 N–H and O–H groups in total. The molecule has 2 atom stereocenters. The monoisotopic (exact) mass is 476 g/mol. The third kappa shape index (κ3) is 7.57. The molecule has 0 radical (unpaired) electrons. The molecule has 3 aromatic rings. The Bertz CT molecular complexity index is 1070. The average molecular weight is 477 g/mol. The first-order chi connectivity index (χ1) is 16.5. The van der Waals surface area contributed by atoms with Crippen molar-refractivity contribution in [3.8, 4) is 11.1 Å². The third-order valence-corrected chi connectivity index (χ3v) is 6.50. The molecule has 0 saturated heterocycles. The first kappa shape index (κ1) is 25.2. The van der Waals surface area contributed by atoms with E-state index in [-0.39, 0.29) is 5.91 Å². The van der Waals surface area contributed by atoms with Gasteiger partial charge >= 0.3 is 0 Å². The number of thiophene rings is 1. The highest BCUT2D eigenvalue weighted by molar-refractivity contribution is 7.09. The van der Waals surface area contributed by atoms with Crippen LogP contribution in [0.15, 0.2) is 84.4 Å². The van der Waals surface area contributed by atoms with Gasteiger partial charge in [-0.15, -0.1) is 11.3 Å². The summed E-state index contributed by atoms with van der Waals surface area (Å²) in [4.78, 5) is 26.5. The van der Waals surface area contributed by atoms with E-state index in [0.29, 0.717) is 31.5 Å². The molecule has 0 saturated carbocycles. The van der Waals surface area contributed by atoms with Gasteiger partial charge in [0.05, 0.1) is 0 Å². The van der Waals surface area contributed by atoms with Gasteiger partial charge in [-0.2, -0.15) is 0 Å². The summed E-state index contributed by atoms with van der Waals surface area (Å²) in [6.07, 6.45) is 2.18. The number of nitrogens with two attached hydrogens (primary N) is 2. The zero-order chi connectivity index (χ0) is 24.3. The number of carbonyl (C=O) groups excluding carboxylic acids is 2. The molecular formula is C27H32N4O2S. The molecule has 0 aliphatic heterocycles. The molecule has 6 nitrogen and oxygen atoms in total. The molecule has 2 aromatic carbocycles. The van der Waals surface area contributed by atoms with E-state index in [9.17, 15) is 9.59 Å². The minimum atomic E-state index is -0.816. The maximum Gasteiger partial charge on any atom is 0.243 e. The molecule has 0 unspecified atom stereocenters. The lowest BCUT2D eigenvalue weighted by atomic mass is 10.00. The Morgan fingerprint density at radius 1 is 0.912 bits per heavy atom. The topological polar surface area (TPSA) is 110 Å². The van der Waals surface area contributed by atoms with Gasteiger partial charge in [-0.25, -0.2) is 0 Å². The van der Waals surface area contributed by atoms with Crippen molar-refractivity contribution in [2.45, 2.75) is 37.8 Å². The minimum Gasteiger partial charge on any atom is -0.377 e. The molecule has 178 valence electrons. The van der Waals surface area contributed by atoms with Crippen molar-refractivity contribution >= 4 is 23.2 Å². The lowest BCUT2D eigenvalue weighted by molar-refractivity contribution is -0.128. The SMILES string of the molecule is C=C(CCN)N[C@H](CCc1cccs1)C(=O)N[C@@H](Cc1ccc(-c2ccccc2)cc1)C(N)=O. The van der Waals surface area contributed by atoms with Crippen molar-refractivity contribution in [2.24, 2.45) is 11.5 Å². The van der Waals surface area contributed by atoms with Crippen LogP contribution >= 0.6 is 11.3 Å². The van der Waals surface area contributed by atoms with Crippen molar-refractivity contribution in [2.75, 3.05) is 6.54 Å². The minimum absolute atomic E-state index is 0.278. The summed E-state index contributed by atoms with van der Waals surface area (Å²) in [6.45, 7) is 4.41. The zero-order valence-corrected chi connectivity index (χ0v) is 20.0. The Morgan fingerprint density at radius 3 is 2.24 bits per heavy atom. The Balaban J connectivity index is 1.66. The predicted octanol–water partition coefficient (Wildman–Crippen LogP) is 3.38. The van der Waals surface area contributed by atoms with Gasteiger partial charge in [0.15, 0.2) is 0 Å². The van der Waals surface area contributed by atoms with Crippen molar-refractivity contribution in [1.29, 1.82) is 0 Å². The summed E-state index contributed by atoms with van der Waals surface area (Å²) >= 11 is 1.65. The summed E-state index contributed by atoms with van der Waals surface area (Å²) in [5, 5.41) is 8.04. The molecule has 1 aromatic heterocycles. The van der Waals surface area contributed by atoms with Crippen LogP contribution in [0.5, 0.6) is 0 Å². The van der Waals surface area contributed by atoms with E-state index in [1.807, 2.05) is 72.1 Å². The smallest absolute Gasteiger partial charge is 0.243 e. The van der Waals surface area contributed by atoms with Crippen molar-refractivity contribution in [3.05, 3.63) is 94.8 Å². The number of amides is 2. The van der Waals surface area contributed by atoms with E-state index in [1.54, 1.807) is 11.3 Å². The Hall–Kier alpha value is -3.42. The number of rotatable bonds is 13. The fourth-order valence-electron chi connectivity index (χ4n) is 3.70. The lowest BCUT2D eigenvalue weighted by Gasteiger charge is -2.23. The maximum atomic E-state index is 13.1. The first-order valence-electron chi connectivity index (χ1n) is 11.4. The van der Waals surface area contributed by atoms with E-state index < -0.39 is 18.0 Å². The third-order valence-electron chi connectivity index (χ3n) is 5.56. The Labute approximate surface area is 205 Å². The van der Waals surface area contributed by atoms with Crippen molar-refractivity contribution in [1.82, 2.24) is 10.6 Å². The zero-order valence-electron chi connectivity index (χ0n) is 19.2. The Morgan fingerprint density at radius 2 is 1.62 bits per heavy atom. The number of benzene rings is 2. The molecule has 7 heteroatoms. The molecule has 0 bridgehead atoms. The number of nitrogens with one attached hydrogen (secondary N) is 2. The van der Waals surface area contributed by atoms with E-state index in [1.165, 1.54) is 4.88 Å². The van der Waals surface area contributed by atoms with Crippen LogP contribution in [0.3, 0.4) is 0 Å². The van der Waals surface area contributed by atoms with Gasteiger partial charge in [-0.05, 0) is 53.9 Å². The molecule has 0 aliphatic carbocycles. The van der Waals surface area contributed by atoms with Gasteiger partial charge in [-0.3, -0.25) is 9.59 Å². The molecule has 2 amide bonds. The van der Waals surface area contributed by atoms with Crippen LogP contribution in [0, 0.1) is 0 Å². The Kier molecular flexibility index (Phi) is 9.43. The fourth-order valence-corrected chi connectivity index (χ4v) is 4.42. The molecule has 34 heavy (non-hydrogen) atoms. The molecule has 0 spiro atoms. The van der Waals surface area contributed by atoms with Crippen molar-refractivity contribution in [3.63, 3.8) is 0 Å². The second-order valence-corrected chi connectivity index (χ2v) is 9.22. The van der Waals surface area contributed by atoms with E-state index in [2.05, 4.69) is 17.2 Å². The van der Waals surface area contributed by atoms with Gasteiger partial charge in [0, 0.05) is 17.0 Å². The van der Waals surface area contributed by atoms with Gasteiger partial charge in [-0.1, -0.05) is 67.2 Å². The second-order valence-electron chi connectivity index (χ2n) is 8.19. The fraction of sp³-hybridized carbons (Fsp3) is 0.259. The number of aryl methyl sites for hydroxylation is 1. The summed E-state index contributed by atoms with van der Waals surface area (Å²) in [5.41, 5.74) is 15.1. The number of primary amides is 1. The highest BCUT2D eigenvalue weighted by atomic mass is 32.1. The highest BCUT2D eigenvalue weighted by Gasteiger charge is 2.25. The van der Waals surface area contributed by atoms with Gasteiger partial charge < -0.3 is 22.1 Å². The predicted molar refractivity (Wildman–Crippen MR) is 139 cm³/mol. The molecular weight excluding hydrogens is 444 g/mol. The van der Waals surface area contributed by atoms with Gasteiger partial charge in [0.25, 0.3) is 0 Å². The molecule has 1 heterocycles. The van der Waals surface area contributed by atoms with Crippen LogP contribution in [0.4, 0.5) is 0 Å². The van der Waals surface area contributed by atoms with Crippen LogP contribution in [0.25, 0.3) is 11.1 Å². The standard InChI is InChI=1S/C27H32N4O2S/c1-19(15-16-28)30-24(14-13-23-8-5-17-34-23)27(33)31-25(26(29)32)18-20-9-11-22(12-10-20)21-6-3-2-4-7-21/h2-12,17,24-25,30H,1,13-16,18,28H2,(H2,29,32)(H,31,33)/t24-,25+/m1/s1. The van der Waals surface area contributed by atoms with Crippen LogP contribution in [0.1, 0.15) is 23.3 Å². The number of carbonyl (C=O) groups is 2. The average Bonchev–Trinajstić information content (AvgIpc) is 3.36. The normalized spacial score (nSPS) is 12.5. The summed E-state index contributed by atoms with van der Waals surface area (Å²) in [7, 11) is 0. The second kappa shape index (κ2) is 12.7. The van der Waals surface area contributed by atoms with E-state index in [0.717, 1.165) is 23.1 Å². The summed E-state index contributed by atoms with van der Waals surface area (Å²) < 4.78 is 0. The first-order valence-corrected chi connectivity index (χ1v) is 12.2. The molecule has 3 rings (SSSR count). The van der Waals surface area contributed by atoms with Crippen LogP contribution < -0.4 is 22.1 Å². The van der Waals surface area contributed by atoms with Crippen molar-refractivity contribution < 1.29 is 9.59 Å². The van der Waals surface area contributed by atoms with Gasteiger partial charge in [0.1, 0.15) is 12.1 Å². The van der Waals surface area contributed by atoms with E-state index in [4.69, 9.17) is 11.5 Å².